The van der Waals surface area contributed by atoms with Crippen LogP contribution >= 0.6 is 38.9 Å². The van der Waals surface area contributed by atoms with E-state index in [9.17, 15) is 13.2 Å². The molecule has 1 heterocycles. The third kappa shape index (κ3) is 3.25. The summed E-state index contributed by atoms with van der Waals surface area (Å²) in [4.78, 5) is 12.8. The topological polar surface area (TPSA) is 51.2 Å². The number of hydrogen-bond donors (Lipinski definition) is 0. The zero-order chi connectivity index (χ0) is 14.2. The Kier molecular flexibility index (Phi) is 4.15. The molecule has 0 fully saturated rings. The smallest absolute Gasteiger partial charge is 0.203 e. The highest BCUT2D eigenvalue weighted by Gasteiger charge is 2.15. The summed E-state index contributed by atoms with van der Waals surface area (Å²) in [7, 11) is -3.25. The fraction of sp³-hybridized carbons (Fsp3) is 0.0833. The van der Waals surface area contributed by atoms with Crippen molar-refractivity contribution in [1.29, 1.82) is 0 Å². The zero-order valence-corrected chi connectivity index (χ0v) is 13.7. The summed E-state index contributed by atoms with van der Waals surface area (Å²) in [5.41, 5.74) is 0.429. The minimum atomic E-state index is -3.25. The Morgan fingerprint density at radius 1 is 1.26 bits per heavy atom. The van der Waals surface area contributed by atoms with Crippen LogP contribution in [0.3, 0.4) is 0 Å². The SMILES string of the molecule is CS(=O)(=O)c1ccc(C(=O)c2cc(Cl)c(Br)s2)cc1. The Balaban J connectivity index is 2.35. The normalized spacial score (nSPS) is 11.5. The molecule has 0 radical (unpaired) electrons. The van der Waals surface area contributed by atoms with Gasteiger partial charge >= 0.3 is 0 Å². The van der Waals surface area contributed by atoms with Gasteiger partial charge in [0.15, 0.2) is 9.84 Å². The molecule has 1 aromatic carbocycles. The Bertz CT molecular complexity index is 713. The molecule has 1 aromatic heterocycles. The van der Waals surface area contributed by atoms with Gasteiger partial charge in [-0.1, -0.05) is 11.6 Å². The lowest BCUT2D eigenvalue weighted by Gasteiger charge is -2.00. The van der Waals surface area contributed by atoms with E-state index in [1.54, 1.807) is 6.07 Å². The average molecular weight is 380 g/mol. The van der Waals surface area contributed by atoms with E-state index in [0.29, 0.717) is 19.2 Å². The summed E-state index contributed by atoms with van der Waals surface area (Å²) in [6.07, 6.45) is 1.12. The van der Waals surface area contributed by atoms with Crippen LogP contribution < -0.4 is 0 Å². The van der Waals surface area contributed by atoms with Gasteiger partial charge in [0.05, 0.1) is 18.6 Å². The van der Waals surface area contributed by atoms with Crippen molar-refractivity contribution in [3.05, 3.63) is 49.6 Å². The van der Waals surface area contributed by atoms with Gasteiger partial charge in [0, 0.05) is 11.8 Å². The number of rotatable bonds is 3. The first-order valence-electron chi connectivity index (χ1n) is 5.08. The molecule has 0 amide bonds. The molecule has 0 aliphatic heterocycles. The fourth-order valence-corrected chi connectivity index (χ4v) is 3.75. The molecule has 7 heteroatoms. The number of halogens is 2. The molecular weight excluding hydrogens is 372 g/mol. The van der Waals surface area contributed by atoms with Crippen LogP contribution in [0.25, 0.3) is 0 Å². The average Bonchev–Trinajstić information content (AvgIpc) is 2.68. The molecule has 0 saturated heterocycles. The van der Waals surface area contributed by atoms with Gasteiger partial charge in [0.2, 0.25) is 5.78 Å². The van der Waals surface area contributed by atoms with Gasteiger partial charge in [0.1, 0.15) is 0 Å². The van der Waals surface area contributed by atoms with Crippen molar-refractivity contribution in [2.45, 2.75) is 4.90 Å². The van der Waals surface area contributed by atoms with E-state index in [1.165, 1.54) is 35.6 Å². The molecule has 0 aliphatic carbocycles. The van der Waals surface area contributed by atoms with Crippen molar-refractivity contribution in [1.82, 2.24) is 0 Å². The maximum atomic E-state index is 12.2. The van der Waals surface area contributed by atoms with Crippen LogP contribution in [0.15, 0.2) is 39.0 Å². The van der Waals surface area contributed by atoms with Crippen molar-refractivity contribution >= 4 is 54.5 Å². The third-order valence-electron chi connectivity index (χ3n) is 2.41. The van der Waals surface area contributed by atoms with Crippen LogP contribution in [0.4, 0.5) is 0 Å². The van der Waals surface area contributed by atoms with Gasteiger partial charge in [0.25, 0.3) is 0 Å². The van der Waals surface area contributed by atoms with E-state index in [-0.39, 0.29) is 10.7 Å². The molecule has 0 bridgehead atoms. The highest BCUT2D eigenvalue weighted by atomic mass is 79.9. The van der Waals surface area contributed by atoms with Crippen molar-refractivity contribution in [2.24, 2.45) is 0 Å². The summed E-state index contributed by atoms with van der Waals surface area (Å²) < 4.78 is 23.4. The first-order valence-corrected chi connectivity index (χ1v) is 8.96. The second-order valence-corrected chi connectivity index (χ2v) is 8.65. The molecular formula is C12H8BrClO3S2. The molecule has 0 aliphatic rings. The van der Waals surface area contributed by atoms with Gasteiger partial charge in [-0.3, -0.25) is 4.79 Å². The predicted molar refractivity (Wildman–Crippen MR) is 80.0 cm³/mol. The summed E-state index contributed by atoms with van der Waals surface area (Å²) in [6.45, 7) is 0. The molecule has 100 valence electrons. The lowest BCUT2D eigenvalue weighted by molar-refractivity contribution is 0.104. The Hall–Kier alpha value is -0.690. The number of carbonyl (C=O) groups excluding carboxylic acids is 1. The van der Waals surface area contributed by atoms with Crippen molar-refractivity contribution in [3.8, 4) is 0 Å². The minimum absolute atomic E-state index is 0.183. The minimum Gasteiger partial charge on any atom is -0.288 e. The van der Waals surface area contributed by atoms with E-state index in [4.69, 9.17) is 11.6 Å². The summed E-state index contributed by atoms with van der Waals surface area (Å²) in [5.74, 6) is -0.183. The highest BCUT2D eigenvalue weighted by molar-refractivity contribution is 9.11. The second-order valence-electron chi connectivity index (χ2n) is 3.86. The first-order chi connectivity index (χ1) is 8.79. The van der Waals surface area contributed by atoms with Crippen molar-refractivity contribution in [2.75, 3.05) is 6.26 Å². The monoisotopic (exact) mass is 378 g/mol. The molecule has 0 atom stereocenters. The van der Waals surface area contributed by atoms with E-state index in [2.05, 4.69) is 15.9 Å². The lowest BCUT2D eigenvalue weighted by Crippen LogP contribution is -2.01. The highest BCUT2D eigenvalue weighted by Crippen LogP contribution is 2.33. The quantitative estimate of drug-likeness (QED) is 0.762. The number of hydrogen-bond acceptors (Lipinski definition) is 4. The number of thiophene rings is 1. The molecule has 0 saturated carbocycles. The van der Waals surface area contributed by atoms with Gasteiger partial charge in [-0.25, -0.2) is 8.42 Å². The van der Waals surface area contributed by atoms with Crippen molar-refractivity contribution in [3.63, 3.8) is 0 Å². The largest absolute Gasteiger partial charge is 0.288 e. The van der Waals surface area contributed by atoms with Crippen LogP contribution in [-0.4, -0.2) is 20.5 Å². The Morgan fingerprint density at radius 3 is 2.26 bits per heavy atom. The third-order valence-corrected chi connectivity index (χ3v) is 6.02. The molecule has 2 aromatic rings. The van der Waals surface area contributed by atoms with E-state index >= 15 is 0 Å². The van der Waals surface area contributed by atoms with Gasteiger partial charge in [-0.05, 0) is 46.3 Å². The lowest BCUT2D eigenvalue weighted by atomic mass is 10.1. The Labute approximate surface area is 128 Å². The zero-order valence-electron chi connectivity index (χ0n) is 9.68. The number of sulfone groups is 1. The second kappa shape index (κ2) is 5.36. The first kappa shape index (κ1) is 14.7. The molecule has 0 unspecified atom stereocenters. The van der Waals surface area contributed by atoms with E-state index in [1.807, 2.05) is 0 Å². The number of benzene rings is 1. The standard InChI is InChI=1S/C12H8BrClO3S2/c1-19(16,17)8-4-2-7(3-5-8)11(15)10-6-9(14)12(13)18-10/h2-6H,1H3. The molecule has 2 rings (SSSR count). The van der Waals surface area contributed by atoms with E-state index < -0.39 is 9.84 Å². The number of ketones is 1. The Morgan fingerprint density at radius 2 is 1.84 bits per heavy atom. The van der Waals surface area contributed by atoms with Crippen LogP contribution in [0, 0.1) is 0 Å². The van der Waals surface area contributed by atoms with Crippen LogP contribution in [0.1, 0.15) is 15.2 Å². The fourth-order valence-electron chi connectivity index (χ4n) is 1.45. The summed E-state index contributed by atoms with van der Waals surface area (Å²) >= 11 is 10.4. The molecule has 0 spiro atoms. The van der Waals surface area contributed by atoms with Crippen LogP contribution in [-0.2, 0) is 9.84 Å². The van der Waals surface area contributed by atoms with Crippen LogP contribution in [0.2, 0.25) is 5.02 Å². The van der Waals surface area contributed by atoms with E-state index in [0.717, 1.165) is 6.26 Å². The van der Waals surface area contributed by atoms with Gasteiger partial charge < -0.3 is 0 Å². The molecule has 19 heavy (non-hydrogen) atoms. The summed E-state index contributed by atoms with van der Waals surface area (Å²) in [5, 5.41) is 0.487. The molecule has 0 N–H and O–H groups in total. The maximum Gasteiger partial charge on any atom is 0.203 e. The van der Waals surface area contributed by atoms with Gasteiger partial charge in [-0.2, -0.15) is 0 Å². The predicted octanol–water partition coefficient (Wildman–Crippen LogP) is 3.80. The van der Waals surface area contributed by atoms with Gasteiger partial charge in [-0.15, -0.1) is 11.3 Å². The number of carbonyl (C=O) groups is 1. The van der Waals surface area contributed by atoms with Crippen molar-refractivity contribution < 1.29 is 13.2 Å². The summed E-state index contributed by atoms with van der Waals surface area (Å²) in [6, 6.07) is 7.43. The van der Waals surface area contributed by atoms with Crippen LogP contribution in [0.5, 0.6) is 0 Å². The molecule has 3 nitrogen and oxygen atoms in total. The maximum absolute atomic E-state index is 12.2.